The zero-order valence-electron chi connectivity index (χ0n) is 10.1. The van der Waals surface area contributed by atoms with Crippen molar-refractivity contribution in [2.24, 2.45) is 5.16 Å². The Morgan fingerprint density at radius 2 is 2.35 bits per heavy atom. The van der Waals surface area contributed by atoms with E-state index in [0.717, 1.165) is 19.3 Å². The third-order valence-corrected chi connectivity index (χ3v) is 2.59. The van der Waals surface area contributed by atoms with Gasteiger partial charge < -0.3 is 15.3 Å². The molecule has 1 amide bonds. The maximum atomic E-state index is 11.7. The van der Waals surface area contributed by atoms with E-state index in [1.165, 1.54) is 0 Å². The fourth-order valence-electron chi connectivity index (χ4n) is 1.56. The highest BCUT2D eigenvalue weighted by Crippen LogP contribution is 2.11. The molecule has 0 bridgehead atoms. The highest BCUT2D eigenvalue weighted by Gasteiger charge is 2.31. The van der Waals surface area contributed by atoms with Crippen LogP contribution in [-0.2, 0) is 14.4 Å². The van der Waals surface area contributed by atoms with Crippen molar-refractivity contribution in [3.05, 3.63) is 0 Å². The van der Waals surface area contributed by atoms with Gasteiger partial charge >= 0.3 is 5.97 Å². The topological polar surface area (TPSA) is 88.0 Å². The van der Waals surface area contributed by atoms with Crippen molar-refractivity contribution in [2.75, 3.05) is 0 Å². The SMILES string of the molecule is CCCCC(C)NC(=O)C1CC(C(=O)O)=NO1. The van der Waals surface area contributed by atoms with Crippen molar-refractivity contribution in [3.8, 4) is 0 Å². The van der Waals surface area contributed by atoms with Crippen LogP contribution < -0.4 is 5.32 Å². The van der Waals surface area contributed by atoms with Crippen LogP contribution in [0.3, 0.4) is 0 Å². The average molecular weight is 242 g/mol. The molecule has 2 atom stereocenters. The Morgan fingerprint density at radius 1 is 1.65 bits per heavy atom. The number of hydrogen-bond donors (Lipinski definition) is 2. The van der Waals surface area contributed by atoms with Gasteiger partial charge in [-0.2, -0.15) is 0 Å². The lowest BCUT2D eigenvalue weighted by Crippen LogP contribution is -2.40. The van der Waals surface area contributed by atoms with Gasteiger partial charge in [-0.1, -0.05) is 24.9 Å². The van der Waals surface area contributed by atoms with Gasteiger partial charge in [0.25, 0.3) is 5.91 Å². The van der Waals surface area contributed by atoms with E-state index < -0.39 is 12.1 Å². The Kier molecular flexibility index (Phi) is 4.93. The number of amides is 1. The highest BCUT2D eigenvalue weighted by molar-refractivity contribution is 6.36. The lowest BCUT2D eigenvalue weighted by Gasteiger charge is -2.15. The van der Waals surface area contributed by atoms with Crippen LogP contribution in [0.25, 0.3) is 0 Å². The van der Waals surface area contributed by atoms with Gasteiger partial charge in [-0.25, -0.2) is 4.79 Å². The van der Waals surface area contributed by atoms with Crippen molar-refractivity contribution in [1.29, 1.82) is 0 Å². The van der Waals surface area contributed by atoms with Gasteiger partial charge in [-0.15, -0.1) is 0 Å². The van der Waals surface area contributed by atoms with Crippen LogP contribution >= 0.6 is 0 Å². The van der Waals surface area contributed by atoms with E-state index in [4.69, 9.17) is 9.94 Å². The standard InChI is InChI=1S/C11H18N2O4/c1-3-4-5-7(2)12-10(14)9-6-8(11(15)16)13-17-9/h7,9H,3-6H2,1-2H3,(H,12,14)(H,15,16). The molecule has 2 unspecified atom stereocenters. The summed E-state index contributed by atoms with van der Waals surface area (Å²) in [5, 5.41) is 14.8. The zero-order valence-corrected chi connectivity index (χ0v) is 10.1. The first-order chi connectivity index (χ1) is 8.04. The molecule has 1 aliphatic heterocycles. The molecule has 0 saturated carbocycles. The molecule has 0 spiro atoms. The van der Waals surface area contributed by atoms with Crippen molar-refractivity contribution in [3.63, 3.8) is 0 Å². The van der Waals surface area contributed by atoms with Gasteiger partial charge in [0.15, 0.2) is 5.71 Å². The van der Waals surface area contributed by atoms with E-state index in [-0.39, 0.29) is 24.1 Å². The Balaban J connectivity index is 2.33. The van der Waals surface area contributed by atoms with E-state index in [2.05, 4.69) is 17.4 Å². The predicted molar refractivity (Wildman–Crippen MR) is 61.7 cm³/mol. The second kappa shape index (κ2) is 6.22. The Morgan fingerprint density at radius 3 is 2.88 bits per heavy atom. The zero-order chi connectivity index (χ0) is 12.8. The summed E-state index contributed by atoms with van der Waals surface area (Å²) >= 11 is 0. The van der Waals surface area contributed by atoms with Crippen LogP contribution in [0.2, 0.25) is 0 Å². The van der Waals surface area contributed by atoms with Crippen molar-refractivity contribution in [1.82, 2.24) is 5.32 Å². The fraction of sp³-hybridized carbons (Fsp3) is 0.727. The summed E-state index contributed by atoms with van der Waals surface area (Å²) in [4.78, 5) is 27.1. The van der Waals surface area contributed by atoms with Gasteiger partial charge in [0, 0.05) is 12.5 Å². The van der Waals surface area contributed by atoms with Crippen LogP contribution in [0.4, 0.5) is 0 Å². The maximum Gasteiger partial charge on any atom is 0.353 e. The number of aliphatic carboxylic acids is 1. The Labute approximate surface area is 100 Å². The first-order valence-electron chi connectivity index (χ1n) is 5.81. The molecule has 1 heterocycles. The second-order valence-corrected chi connectivity index (χ2v) is 4.19. The van der Waals surface area contributed by atoms with Crippen molar-refractivity contribution >= 4 is 17.6 Å². The minimum absolute atomic E-state index is 0.0294. The van der Waals surface area contributed by atoms with E-state index in [1.807, 2.05) is 6.92 Å². The number of unbranched alkanes of at least 4 members (excludes halogenated alkanes) is 1. The monoisotopic (exact) mass is 242 g/mol. The van der Waals surface area contributed by atoms with Crippen LogP contribution in [-0.4, -0.2) is 34.8 Å². The number of carboxylic acids is 1. The summed E-state index contributed by atoms with van der Waals surface area (Å²) in [6, 6.07) is 0.0694. The van der Waals surface area contributed by atoms with Gasteiger partial charge in [-0.05, 0) is 13.3 Å². The number of carbonyl (C=O) groups excluding carboxylic acids is 1. The van der Waals surface area contributed by atoms with Gasteiger partial charge in [0.05, 0.1) is 0 Å². The molecule has 0 aromatic rings. The Hall–Kier alpha value is -1.59. The number of nitrogens with zero attached hydrogens (tertiary/aromatic N) is 1. The van der Waals surface area contributed by atoms with E-state index in [0.29, 0.717) is 0 Å². The molecular formula is C11H18N2O4. The molecule has 1 rings (SSSR count). The molecule has 6 nitrogen and oxygen atoms in total. The highest BCUT2D eigenvalue weighted by atomic mass is 16.6. The lowest BCUT2D eigenvalue weighted by atomic mass is 10.1. The molecule has 0 radical (unpaired) electrons. The normalized spacial score (nSPS) is 20.4. The number of rotatable bonds is 6. The molecular weight excluding hydrogens is 224 g/mol. The summed E-state index contributed by atoms with van der Waals surface area (Å²) in [7, 11) is 0. The van der Waals surface area contributed by atoms with Crippen LogP contribution in [0.1, 0.15) is 39.5 Å². The molecule has 0 aromatic carbocycles. The van der Waals surface area contributed by atoms with Gasteiger partial charge in [0.1, 0.15) is 0 Å². The second-order valence-electron chi connectivity index (χ2n) is 4.19. The summed E-state index contributed by atoms with van der Waals surface area (Å²) in [5.74, 6) is -1.44. The average Bonchev–Trinajstić information content (AvgIpc) is 2.75. The molecule has 17 heavy (non-hydrogen) atoms. The maximum absolute atomic E-state index is 11.7. The van der Waals surface area contributed by atoms with Crippen LogP contribution in [0.15, 0.2) is 5.16 Å². The smallest absolute Gasteiger partial charge is 0.353 e. The minimum atomic E-state index is -1.14. The molecule has 0 fully saturated rings. The summed E-state index contributed by atoms with van der Waals surface area (Å²) in [6.07, 6.45) is 2.25. The van der Waals surface area contributed by atoms with Gasteiger partial charge in [0.2, 0.25) is 6.10 Å². The largest absolute Gasteiger partial charge is 0.477 e. The summed E-state index contributed by atoms with van der Waals surface area (Å²) in [5.41, 5.74) is -0.105. The molecule has 2 N–H and O–H groups in total. The summed E-state index contributed by atoms with van der Waals surface area (Å²) in [6.45, 7) is 4.00. The quantitative estimate of drug-likeness (QED) is 0.724. The molecule has 0 aliphatic carbocycles. The number of oxime groups is 1. The lowest BCUT2D eigenvalue weighted by molar-refractivity contribution is -0.132. The Bertz CT molecular complexity index is 327. The van der Waals surface area contributed by atoms with Crippen molar-refractivity contribution in [2.45, 2.75) is 51.7 Å². The fourth-order valence-corrected chi connectivity index (χ4v) is 1.56. The van der Waals surface area contributed by atoms with E-state index >= 15 is 0 Å². The third-order valence-electron chi connectivity index (χ3n) is 2.59. The molecule has 0 aromatic heterocycles. The first-order valence-corrected chi connectivity index (χ1v) is 5.81. The van der Waals surface area contributed by atoms with Crippen LogP contribution in [0.5, 0.6) is 0 Å². The van der Waals surface area contributed by atoms with E-state index in [9.17, 15) is 9.59 Å². The van der Waals surface area contributed by atoms with E-state index in [1.54, 1.807) is 0 Å². The molecule has 6 heteroatoms. The number of carboxylic acid groups (broad SMARTS) is 1. The third kappa shape index (κ3) is 4.05. The van der Waals surface area contributed by atoms with Gasteiger partial charge in [-0.3, -0.25) is 4.79 Å². The van der Waals surface area contributed by atoms with Crippen LogP contribution in [0, 0.1) is 0 Å². The van der Waals surface area contributed by atoms with Crippen molar-refractivity contribution < 1.29 is 19.5 Å². The number of nitrogens with one attached hydrogen (secondary N) is 1. The molecule has 1 aliphatic rings. The number of hydrogen-bond acceptors (Lipinski definition) is 4. The minimum Gasteiger partial charge on any atom is -0.477 e. The first kappa shape index (κ1) is 13.5. The molecule has 0 saturated heterocycles. The number of carbonyl (C=O) groups is 2. The predicted octanol–water partition coefficient (Wildman–Crippen LogP) is 0.911. The molecule has 96 valence electrons. The summed E-state index contributed by atoms with van der Waals surface area (Å²) < 4.78 is 0.